The Morgan fingerprint density at radius 1 is 1.12 bits per heavy atom. The van der Waals surface area contributed by atoms with Crippen molar-refractivity contribution in [3.63, 3.8) is 0 Å². The summed E-state index contributed by atoms with van der Waals surface area (Å²) in [5.41, 5.74) is 8.30. The number of likely N-dealkylation sites (N-methyl/N-ethyl adjacent to an activating group) is 1. The summed E-state index contributed by atoms with van der Waals surface area (Å²) in [6.45, 7) is 4.86. The second kappa shape index (κ2) is 10.1. The zero-order valence-electron chi connectivity index (χ0n) is 15.0. The summed E-state index contributed by atoms with van der Waals surface area (Å²) in [4.78, 5) is 14.2. The number of carbonyl (C=O) groups is 1. The number of hydrogen-bond donors (Lipinski definition) is 1. The van der Waals surface area contributed by atoms with Crippen LogP contribution in [0.4, 0.5) is 0 Å². The molecule has 0 saturated carbocycles. The van der Waals surface area contributed by atoms with Crippen LogP contribution in [-0.4, -0.2) is 31.0 Å². The minimum Gasteiger partial charge on any atom is -0.491 e. The average Bonchev–Trinajstić information content (AvgIpc) is 2.62. The largest absolute Gasteiger partial charge is 0.491 e. The highest BCUT2D eigenvalue weighted by Gasteiger charge is 2.24. The molecule has 0 aliphatic heterocycles. The van der Waals surface area contributed by atoms with Crippen molar-refractivity contribution in [2.24, 2.45) is 11.7 Å². The molecule has 0 aromatic heterocycles. The number of amides is 1. The second-order valence-electron chi connectivity index (χ2n) is 6.10. The van der Waals surface area contributed by atoms with E-state index in [-0.39, 0.29) is 30.3 Å². The average molecular weight is 363 g/mol. The number of rotatable bonds is 7. The molecule has 0 aliphatic rings. The molecule has 2 unspecified atom stereocenters. The first-order chi connectivity index (χ1) is 11.5. The fourth-order valence-corrected chi connectivity index (χ4v) is 2.59. The summed E-state index contributed by atoms with van der Waals surface area (Å²) in [5, 5.41) is 0. The van der Waals surface area contributed by atoms with E-state index in [1.165, 1.54) is 0 Å². The summed E-state index contributed by atoms with van der Waals surface area (Å²) in [6.07, 6.45) is 0. The van der Waals surface area contributed by atoms with Gasteiger partial charge in [-0.3, -0.25) is 4.79 Å². The molecule has 2 aromatic rings. The van der Waals surface area contributed by atoms with E-state index in [0.717, 1.165) is 16.9 Å². The van der Waals surface area contributed by atoms with E-state index in [2.05, 4.69) is 0 Å². The van der Waals surface area contributed by atoms with E-state index >= 15 is 0 Å². The highest BCUT2D eigenvalue weighted by atomic mass is 35.5. The van der Waals surface area contributed by atoms with Gasteiger partial charge in [0.15, 0.2) is 0 Å². The molecule has 0 heterocycles. The third-order valence-electron chi connectivity index (χ3n) is 4.27. The fourth-order valence-electron chi connectivity index (χ4n) is 2.59. The van der Waals surface area contributed by atoms with E-state index in [1.807, 2.05) is 68.4 Å². The number of aryl methyl sites for hydroxylation is 1. The van der Waals surface area contributed by atoms with E-state index in [4.69, 9.17) is 10.5 Å². The summed E-state index contributed by atoms with van der Waals surface area (Å²) in [6, 6.07) is 17.3. The molecule has 0 bridgehead atoms. The summed E-state index contributed by atoms with van der Waals surface area (Å²) >= 11 is 0. The van der Waals surface area contributed by atoms with E-state index < -0.39 is 0 Å². The molecular formula is C20H27ClN2O2. The molecule has 2 rings (SSSR count). The number of para-hydroxylation sites is 1. The minimum absolute atomic E-state index is 0. The van der Waals surface area contributed by atoms with Crippen molar-refractivity contribution in [2.75, 3.05) is 20.2 Å². The highest BCUT2D eigenvalue weighted by molar-refractivity contribution is 5.85. The maximum absolute atomic E-state index is 12.6. The van der Waals surface area contributed by atoms with E-state index in [1.54, 1.807) is 11.9 Å². The Bertz CT molecular complexity index is 664. The molecule has 4 nitrogen and oxygen atoms in total. The molecular weight excluding hydrogens is 336 g/mol. The van der Waals surface area contributed by atoms with Gasteiger partial charge in [-0.15, -0.1) is 12.4 Å². The van der Waals surface area contributed by atoms with Crippen LogP contribution in [0.3, 0.4) is 0 Å². The van der Waals surface area contributed by atoms with Gasteiger partial charge in [0.2, 0.25) is 5.91 Å². The first-order valence-corrected chi connectivity index (χ1v) is 8.24. The molecule has 0 aliphatic carbocycles. The lowest BCUT2D eigenvalue weighted by Crippen LogP contribution is -2.39. The molecule has 0 radical (unpaired) electrons. The molecule has 5 heteroatoms. The Morgan fingerprint density at radius 2 is 1.72 bits per heavy atom. The number of benzene rings is 2. The van der Waals surface area contributed by atoms with Crippen LogP contribution in [-0.2, 0) is 4.79 Å². The Morgan fingerprint density at radius 3 is 2.36 bits per heavy atom. The summed E-state index contributed by atoms with van der Waals surface area (Å²) in [7, 11) is 1.79. The summed E-state index contributed by atoms with van der Waals surface area (Å²) < 4.78 is 5.76. The molecule has 2 N–H and O–H groups in total. The lowest BCUT2D eigenvalue weighted by Gasteiger charge is -2.25. The van der Waals surface area contributed by atoms with Crippen LogP contribution in [0.2, 0.25) is 0 Å². The maximum atomic E-state index is 12.6. The van der Waals surface area contributed by atoms with Gasteiger partial charge in [0.25, 0.3) is 0 Å². The van der Waals surface area contributed by atoms with Gasteiger partial charge in [-0.2, -0.15) is 0 Å². The Balaban J connectivity index is 0.00000312. The highest BCUT2D eigenvalue weighted by Crippen LogP contribution is 2.21. The molecule has 0 spiro atoms. The predicted octanol–water partition coefficient (Wildman–Crippen LogP) is 3.59. The van der Waals surface area contributed by atoms with Crippen LogP contribution in [0.5, 0.6) is 5.75 Å². The standard InChI is InChI=1S/C20H26N2O2.ClH/c1-15-9-7-8-12-18(15)24-14-13-22(3)20(23)16(2)19(21)17-10-5-4-6-11-17;/h4-12,16,19H,13-14,21H2,1-3H3;1H. The fraction of sp³-hybridized carbons (Fsp3) is 0.350. The molecule has 136 valence electrons. The normalized spacial score (nSPS) is 12.6. The van der Waals surface area contributed by atoms with Gasteiger partial charge >= 0.3 is 0 Å². The van der Waals surface area contributed by atoms with Crippen molar-refractivity contribution in [3.8, 4) is 5.75 Å². The molecule has 2 aromatic carbocycles. The Kier molecular flexibility index (Phi) is 8.46. The second-order valence-corrected chi connectivity index (χ2v) is 6.10. The number of halogens is 1. The number of nitrogens with two attached hydrogens (primary N) is 1. The van der Waals surface area contributed by atoms with Crippen LogP contribution in [0.1, 0.15) is 24.1 Å². The quantitative estimate of drug-likeness (QED) is 0.818. The number of carbonyl (C=O) groups excluding carboxylic acids is 1. The van der Waals surface area contributed by atoms with Crippen LogP contribution < -0.4 is 10.5 Å². The van der Waals surface area contributed by atoms with E-state index in [9.17, 15) is 4.79 Å². The van der Waals surface area contributed by atoms with E-state index in [0.29, 0.717) is 13.2 Å². The molecule has 2 atom stereocenters. The van der Waals surface area contributed by atoms with Gasteiger partial charge < -0.3 is 15.4 Å². The predicted molar refractivity (Wildman–Crippen MR) is 104 cm³/mol. The van der Waals surface area contributed by atoms with Gasteiger partial charge in [-0.05, 0) is 24.1 Å². The Hall–Kier alpha value is -2.04. The van der Waals surface area contributed by atoms with Gasteiger partial charge in [0.05, 0.1) is 12.5 Å². The van der Waals surface area contributed by atoms with Crippen molar-refractivity contribution in [1.29, 1.82) is 0 Å². The van der Waals surface area contributed by atoms with Gasteiger partial charge in [-0.1, -0.05) is 55.5 Å². The van der Waals surface area contributed by atoms with Crippen LogP contribution in [0.15, 0.2) is 54.6 Å². The zero-order valence-corrected chi connectivity index (χ0v) is 15.8. The molecule has 25 heavy (non-hydrogen) atoms. The first kappa shape index (κ1) is 21.0. The number of hydrogen-bond acceptors (Lipinski definition) is 3. The molecule has 0 saturated heterocycles. The van der Waals surface area contributed by atoms with Gasteiger partial charge in [0.1, 0.15) is 12.4 Å². The molecule has 1 amide bonds. The monoisotopic (exact) mass is 362 g/mol. The van der Waals surface area contributed by atoms with Crippen LogP contribution in [0.25, 0.3) is 0 Å². The van der Waals surface area contributed by atoms with Gasteiger partial charge in [-0.25, -0.2) is 0 Å². The smallest absolute Gasteiger partial charge is 0.227 e. The van der Waals surface area contributed by atoms with Crippen molar-refractivity contribution in [1.82, 2.24) is 4.90 Å². The summed E-state index contributed by atoms with van der Waals surface area (Å²) in [5.74, 6) is 0.600. The zero-order chi connectivity index (χ0) is 17.5. The maximum Gasteiger partial charge on any atom is 0.227 e. The number of nitrogens with zero attached hydrogens (tertiary/aromatic N) is 1. The first-order valence-electron chi connectivity index (χ1n) is 8.24. The van der Waals surface area contributed by atoms with Crippen molar-refractivity contribution >= 4 is 18.3 Å². The number of ether oxygens (including phenoxy) is 1. The van der Waals surface area contributed by atoms with Gasteiger partial charge in [0, 0.05) is 13.1 Å². The third-order valence-corrected chi connectivity index (χ3v) is 4.27. The van der Waals surface area contributed by atoms with Crippen molar-refractivity contribution in [3.05, 3.63) is 65.7 Å². The van der Waals surface area contributed by atoms with Crippen LogP contribution in [0, 0.1) is 12.8 Å². The van der Waals surface area contributed by atoms with Crippen molar-refractivity contribution < 1.29 is 9.53 Å². The molecule has 0 fully saturated rings. The third kappa shape index (κ3) is 5.76. The lowest BCUT2D eigenvalue weighted by atomic mass is 9.94. The topological polar surface area (TPSA) is 55.6 Å². The lowest BCUT2D eigenvalue weighted by molar-refractivity contribution is -0.134. The van der Waals surface area contributed by atoms with Crippen molar-refractivity contribution in [2.45, 2.75) is 19.9 Å². The Labute approximate surface area is 156 Å². The SMILES string of the molecule is Cc1ccccc1OCCN(C)C(=O)C(C)C(N)c1ccccc1.Cl. The van der Waals surface area contributed by atoms with Crippen LogP contribution >= 0.6 is 12.4 Å². The minimum atomic E-state index is -0.307.